The van der Waals surface area contributed by atoms with Crippen LogP contribution in [0.5, 0.6) is 5.75 Å². The smallest absolute Gasteiger partial charge is 0.310 e. The molecule has 3 aromatic rings. The van der Waals surface area contributed by atoms with E-state index in [-0.39, 0.29) is 6.02 Å². The van der Waals surface area contributed by atoms with Crippen LogP contribution >= 0.6 is 0 Å². The Balaban J connectivity index is 1.91. The Hall–Kier alpha value is -3.32. The minimum atomic E-state index is 0.144. The number of para-hydroxylation sites is 1. The zero-order valence-corrected chi connectivity index (χ0v) is 11.7. The zero-order valence-electron chi connectivity index (χ0n) is 11.7. The average Bonchev–Trinajstić information content (AvgIpc) is 2.56. The lowest BCUT2D eigenvalue weighted by atomic mass is 10.1. The summed E-state index contributed by atoms with van der Waals surface area (Å²) in [5.74, 6) is 0.615. The average molecular weight is 287 g/mol. The van der Waals surface area contributed by atoms with Gasteiger partial charge >= 0.3 is 6.02 Å². The lowest BCUT2D eigenvalue weighted by molar-refractivity contribution is 0.549. The van der Waals surface area contributed by atoms with Gasteiger partial charge in [-0.1, -0.05) is 54.6 Å². The van der Waals surface area contributed by atoms with Crippen molar-refractivity contribution in [3.63, 3.8) is 0 Å². The van der Waals surface area contributed by atoms with Gasteiger partial charge in [0.25, 0.3) is 0 Å². The van der Waals surface area contributed by atoms with Crippen LogP contribution in [0.1, 0.15) is 0 Å². The lowest BCUT2D eigenvalue weighted by Gasteiger charge is -2.11. The molecule has 0 saturated carbocycles. The molecule has 0 heterocycles. The SMILES string of the molecule is N#C/N=C(\Nc1cccc2ccccc12)Oc1ccccc1. The normalized spacial score (nSPS) is 11.0. The number of benzene rings is 3. The van der Waals surface area contributed by atoms with Gasteiger partial charge < -0.3 is 10.1 Å². The summed E-state index contributed by atoms with van der Waals surface area (Å²) in [6.07, 6.45) is 1.76. The molecule has 0 aromatic heterocycles. The highest BCUT2D eigenvalue weighted by Crippen LogP contribution is 2.23. The summed E-state index contributed by atoms with van der Waals surface area (Å²) in [6, 6.07) is 23.2. The first-order valence-electron chi connectivity index (χ1n) is 6.81. The number of nitrogens with zero attached hydrogens (tertiary/aromatic N) is 2. The Kier molecular flexibility index (Phi) is 3.98. The largest absolute Gasteiger partial charge is 0.425 e. The van der Waals surface area contributed by atoms with E-state index < -0.39 is 0 Å². The van der Waals surface area contributed by atoms with Crippen LogP contribution in [-0.2, 0) is 0 Å². The van der Waals surface area contributed by atoms with Crippen molar-refractivity contribution in [1.82, 2.24) is 0 Å². The van der Waals surface area contributed by atoms with Gasteiger partial charge in [0.05, 0.1) is 5.69 Å². The fraction of sp³-hybridized carbons (Fsp3) is 0. The molecule has 106 valence electrons. The molecular formula is C18H13N3O. The second-order valence-electron chi connectivity index (χ2n) is 4.58. The van der Waals surface area contributed by atoms with E-state index in [0.717, 1.165) is 16.5 Å². The minimum Gasteiger partial charge on any atom is -0.425 e. The van der Waals surface area contributed by atoms with E-state index in [1.807, 2.05) is 60.7 Å². The summed E-state index contributed by atoms with van der Waals surface area (Å²) < 4.78 is 5.62. The summed E-state index contributed by atoms with van der Waals surface area (Å²) in [4.78, 5) is 3.71. The maximum atomic E-state index is 8.85. The van der Waals surface area contributed by atoms with Gasteiger partial charge in [-0.2, -0.15) is 5.26 Å². The van der Waals surface area contributed by atoms with E-state index in [9.17, 15) is 0 Å². The molecular weight excluding hydrogens is 274 g/mol. The fourth-order valence-corrected chi connectivity index (χ4v) is 2.17. The second-order valence-corrected chi connectivity index (χ2v) is 4.58. The number of anilines is 1. The molecule has 0 unspecified atom stereocenters. The molecule has 4 nitrogen and oxygen atoms in total. The Morgan fingerprint density at radius 1 is 0.909 bits per heavy atom. The van der Waals surface area contributed by atoms with E-state index in [4.69, 9.17) is 10.00 Å². The quantitative estimate of drug-likeness (QED) is 0.437. The lowest BCUT2D eigenvalue weighted by Crippen LogP contribution is -2.19. The third kappa shape index (κ3) is 3.05. The topological polar surface area (TPSA) is 57.4 Å². The van der Waals surface area contributed by atoms with Crippen molar-refractivity contribution in [2.75, 3.05) is 5.32 Å². The maximum Gasteiger partial charge on any atom is 0.310 e. The van der Waals surface area contributed by atoms with Crippen molar-refractivity contribution in [3.05, 3.63) is 72.8 Å². The van der Waals surface area contributed by atoms with E-state index in [1.54, 1.807) is 18.3 Å². The maximum absolute atomic E-state index is 8.85. The molecule has 0 aliphatic carbocycles. The molecule has 3 rings (SSSR count). The zero-order chi connectivity index (χ0) is 15.2. The number of hydrogen-bond acceptors (Lipinski definition) is 3. The molecule has 0 saturated heterocycles. The van der Waals surface area contributed by atoms with Crippen LogP contribution in [-0.4, -0.2) is 6.02 Å². The van der Waals surface area contributed by atoms with Crippen LogP contribution in [0.25, 0.3) is 10.8 Å². The van der Waals surface area contributed by atoms with Crippen LogP contribution < -0.4 is 10.1 Å². The van der Waals surface area contributed by atoms with Gasteiger partial charge in [-0.15, -0.1) is 4.99 Å². The van der Waals surface area contributed by atoms with Crippen LogP contribution in [0, 0.1) is 11.5 Å². The summed E-state index contributed by atoms with van der Waals surface area (Å²) >= 11 is 0. The molecule has 22 heavy (non-hydrogen) atoms. The van der Waals surface area contributed by atoms with Crippen molar-refractivity contribution >= 4 is 22.5 Å². The molecule has 0 aliphatic heterocycles. The number of aliphatic imine (C=N–C) groups is 1. The first-order valence-corrected chi connectivity index (χ1v) is 6.81. The van der Waals surface area contributed by atoms with Crippen LogP contribution in [0.15, 0.2) is 77.8 Å². The van der Waals surface area contributed by atoms with Gasteiger partial charge in [-0.25, -0.2) is 0 Å². The summed E-state index contributed by atoms with van der Waals surface area (Å²) in [6.45, 7) is 0. The molecule has 1 N–H and O–H groups in total. The highest BCUT2D eigenvalue weighted by atomic mass is 16.5. The first-order chi connectivity index (χ1) is 10.9. The number of hydrogen-bond donors (Lipinski definition) is 1. The Labute approximate surface area is 128 Å². The Morgan fingerprint density at radius 3 is 2.45 bits per heavy atom. The van der Waals surface area contributed by atoms with Gasteiger partial charge in [0.1, 0.15) is 5.75 Å². The molecule has 4 heteroatoms. The van der Waals surface area contributed by atoms with E-state index in [1.165, 1.54) is 0 Å². The number of rotatable bonds is 2. The Morgan fingerprint density at radius 2 is 1.64 bits per heavy atom. The van der Waals surface area contributed by atoms with Crippen molar-refractivity contribution in [2.24, 2.45) is 4.99 Å². The highest BCUT2D eigenvalue weighted by Gasteiger charge is 2.06. The van der Waals surface area contributed by atoms with Gasteiger partial charge in [0.2, 0.25) is 6.19 Å². The second kappa shape index (κ2) is 6.42. The summed E-state index contributed by atoms with van der Waals surface area (Å²) in [7, 11) is 0. The standard InChI is InChI=1S/C18H13N3O/c19-13-20-18(22-15-9-2-1-3-10-15)21-17-12-6-8-14-7-4-5-11-16(14)17/h1-12H,(H,20,21). The number of nitriles is 1. The first kappa shape index (κ1) is 13.7. The summed E-state index contributed by atoms with van der Waals surface area (Å²) in [5, 5.41) is 14.1. The molecule has 0 atom stereocenters. The molecule has 3 aromatic carbocycles. The Bertz CT molecular complexity index is 846. The third-order valence-electron chi connectivity index (χ3n) is 3.14. The minimum absolute atomic E-state index is 0.144. The highest BCUT2D eigenvalue weighted by molar-refractivity contribution is 6.02. The van der Waals surface area contributed by atoms with Crippen molar-refractivity contribution < 1.29 is 4.74 Å². The predicted molar refractivity (Wildman–Crippen MR) is 87.7 cm³/mol. The van der Waals surface area contributed by atoms with Crippen molar-refractivity contribution in [2.45, 2.75) is 0 Å². The molecule has 0 aliphatic rings. The number of ether oxygens (including phenoxy) is 1. The number of fused-ring (bicyclic) bond motifs is 1. The van der Waals surface area contributed by atoms with Gasteiger partial charge in [0, 0.05) is 5.39 Å². The molecule has 0 bridgehead atoms. The molecule has 0 radical (unpaired) electrons. The van der Waals surface area contributed by atoms with E-state index >= 15 is 0 Å². The fourth-order valence-electron chi connectivity index (χ4n) is 2.17. The van der Waals surface area contributed by atoms with Gasteiger partial charge in [-0.05, 0) is 23.6 Å². The predicted octanol–water partition coefficient (Wildman–Crippen LogP) is 4.17. The van der Waals surface area contributed by atoms with Crippen molar-refractivity contribution in [1.29, 1.82) is 5.26 Å². The molecule has 0 spiro atoms. The van der Waals surface area contributed by atoms with E-state index in [0.29, 0.717) is 5.75 Å². The third-order valence-corrected chi connectivity index (χ3v) is 3.14. The number of nitrogens with one attached hydrogen (secondary N) is 1. The van der Waals surface area contributed by atoms with E-state index in [2.05, 4.69) is 10.3 Å². The van der Waals surface area contributed by atoms with Gasteiger partial charge in [-0.3, -0.25) is 0 Å². The van der Waals surface area contributed by atoms with Crippen LogP contribution in [0.4, 0.5) is 5.69 Å². The van der Waals surface area contributed by atoms with Crippen molar-refractivity contribution in [3.8, 4) is 11.9 Å². The van der Waals surface area contributed by atoms with Gasteiger partial charge in [0.15, 0.2) is 0 Å². The number of amidine groups is 1. The van der Waals surface area contributed by atoms with Crippen LogP contribution in [0.3, 0.4) is 0 Å². The monoisotopic (exact) mass is 287 g/mol. The molecule has 0 fully saturated rings. The summed E-state index contributed by atoms with van der Waals surface area (Å²) in [5.41, 5.74) is 0.836. The molecule has 0 amide bonds. The van der Waals surface area contributed by atoms with Crippen LogP contribution in [0.2, 0.25) is 0 Å².